The first-order valence-electron chi connectivity index (χ1n) is 9.00. The van der Waals surface area contributed by atoms with Crippen molar-refractivity contribution in [3.8, 4) is 0 Å². The SMILES string of the molecule is Cc1ccc(S(=O)(=O)CCC(=O)OCC(=O)Nc2cc(C)c(C)cc2[N+](=O)[O-])cc1. The van der Waals surface area contributed by atoms with E-state index in [4.69, 9.17) is 4.74 Å². The molecule has 0 bridgehead atoms. The maximum Gasteiger partial charge on any atom is 0.307 e. The van der Waals surface area contributed by atoms with Gasteiger partial charge < -0.3 is 10.1 Å². The van der Waals surface area contributed by atoms with Gasteiger partial charge in [-0.05, 0) is 50.1 Å². The minimum absolute atomic E-state index is 0.00824. The van der Waals surface area contributed by atoms with Crippen molar-refractivity contribution in [2.45, 2.75) is 32.1 Å². The molecule has 0 aliphatic carbocycles. The second-order valence-electron chi connectivity index (χ2n) is 6.80. The number of carbonyl (C=O) groups excluding carboxylic acids is 2. The molecule has 0 aromatic heterocycles. The number of anilines is 1. The van der Waals surface area contributed by atoms with Gasteiger partial charge in [-0.1, -0.05) is 17.7 Å². The summed E-state index contributed by atoms with van der Waals surface area (Å²) in [5, 5.41) is 13.5. The molecule has 2 aromatic carbocycles. The minimum atomic E-state index is -3.66. The Balaban J connectivity index is 1.91. The Labute approximate surface area is 174 Å². The highest BCUT2D eigenvalue weighted by atomic mass is 32.2. The number of nitro benzene ring substituents is 1. The fraction of sp³-hybridized carbons (Fsp3) is 0.300. The summed E-state index contributed by atoms with van der Waals surface area (Å²) in [5.74, 6) is -2.09. The Hall–Kier alpha value is -3.27. The Morgan fingerprint density at radius 3 is 2.27 bits per heavy atom. The molecule has 2 aromatic rings. The lowest BCUT2D eigenvalue weighted by atomic mass is 10.1. The number of nitro groups is 1. The van der Waals surface area contributed by atoms with Crippen LogP contribution in [0.1, 0.15) is 23.1 Å². The molecule has 0 radical (unpaired) electrons. The molecule has 9 nitrogen and oxygen atoms in total. The van der Waals surface area contributed by atoms with Crippen LogP contribution in [0.25, 0.3) is 0 Å². The first kappa shape index (κ1) is 23.0. The second kappa shape index (κ2) is 9.49. The standard InChI is InChI=1S/C20H22N2O7S/c1-13-4-6-16(7-5-13)30(27,28)9-8-20(24)29-12-19(23)21-17-10-14(2)15(3)11-18(17)22(25)26/h4-7,10-11H,8-9,12H2,1-3H3,(H,21,23). The number of carbonyl (C=O) groups is 2. The van der Waals surface area contributed by atoms with Crippen molar-refractivity contribution in [1.29, 1.82) is 0 Å². The van der Waals surface area contributed by atoms with Gasteiger partial charge in [-0.3, -0.25) is 19.7 Å². The number of nitrogens with one attached hydrogen (secondary N) is 1. The largest absolute Gasteiger partial charge is 0.456 e. The molecule has 30 heavy (non-hydrogen) atoms. The van der Waals surface area contributed by atoms with E-state index in [0.717, 1.165) is 11.1 Å². The third-order valence-corrected chi connectivity index (χ3v) is 6.13. The normalized spacial score (nSPS) is 11.0. The third-order valence-electron chi connectivity index (χ3n) is 4.40. The van der Waals surface area contributed by atoms with E-state index in [0.29, 0.717) is 5.56 Å². The molecule has 0 unspecified atom stereocenters. The number of rotatable bonds is 8. The number of benzene rings is 2. The summed E-state index contributed by atoms with van der Waals surface area (Å²) in [7, 11) is -3.66. The molecular formula is C20H22N2O7S. The summed E-state index contributed by atoms with van der Waals surface area (Å²) < 4.78 is 29.3. The van der Waals surface area contributed by atoms with Crippen molar-refractivity contribution in [2.75, 3.05) is 17.7 Å². The molecule has 160 valence electrons. The Morgan fingerprint density at radius 1 is 1.07 bits per heavy atom. The minimum Gasteiger partial charge on any atom is -0.456 e. The van der Waals surface area contributed by atoms with Crippen LogP contribution >= 0.6 is 0 Å². The number of ether oxygens (including phenoxy) is 1. The van der Waals surface area contributed by atoms with Gasteiger partial charge in [-0.15, -0.1) is 0 Å². The molecule has 0 saturated carbocycles. The molecule has 10 heteroatoms. The van der Waals surface area contributed by atoms with Gasteiger partial charge in [-0.25, -0.2) is 8.42 Å². The zero-order valence-electron chi connectivity index (χ0n) is 16.8. The number of hydrogen-bond acceptors (Lipinski definition) is 7. The van der Waals surface area contributed by atoms with Crippen LogP contribution in [0.4, 0.5) is 11.4 Å². The van der Waals surface area contributed by atoms with Gasteiger partial charge in [0.25, 0.3) is 11.6 Å². The Kier molecular flexibility index (Phi) is 7.28. The molecule has 0 fully saturated rings. The fourth-order valence-electron chi connectivity index (χ4n) is 2.54. The first-order chi connectivity index (χ1) is 14.0. The van der Waals surface area contributed by atoms with Crippen LogP contribution in [0.15, 0.2) is 41.3 Å². The van der Waals surface area contributed by atoms with Gasteiger partial charge in [0.15, 0.2) is 16.4 Å². The average molecular weight is 434 g/mol. The van der Waals surface area contributed by atoms with E-state index in [1.807, 2.05) is 6.92 Å². The van der Waals surface area contributed by atoms with Gasteiger partial charge in [0.05, 0.1) is 22.0 Å². The summed E-state index contributed by atoms with van der Waals surface area (Å²) in [6.45, 7) is 4.59. The molecular weight excluding hydrogens is 412 g/mol. The number of sulfone groups is 1. The summed E-state index contributed by atoms with van der Waals surface area (Å²) in [6, 6.07) is 9.02. The molecule has 0 aliphatic heterocycles. The maximum atomic E-state index is 12.2. The third kappa shape index (κ3) is 6.11. The van der Waals surface area contributed by atoms with Crippen LogP contribution in [-0.2, 0) is 24.2 Å². The van der Waals surface area contributed by atoms with E-state index in [9.17, 15) is 28.1 Å². The van der Waals surface area contributed by atoms with Gasteiger partial charge in [-0.2, -0.15) is 0 Å². The lowest BCUT2D eigenvalue weighted by Crippen LogP contribution is -2.22. The van der Waals surface area contributed by atoms with Crippen molar-refractivity contribution in [3.05, 3.63) is 63.2 Å². The predicted octanol–water partition coefficient (Wildman–Crippen LogP) is 2.87. The van der Waals surface area contributed by atoms with Crippen LogP contribution in [0, 0.1) is 30.9 Å². The molecule has 0 aliphatic rings. The van der Waals surface area contributed by atoms with Crippen molar-refractivity contribution in [2.24, 2.45) is 0 Å². The van der Waals surface area contributed by atoms with Crippen molar-refractivity contribution < 1.29 is 27.7 Å². The lowest BCUT2D eigenvalue weighted by molar-refractivity contribution is -0.384. The predicted molar refractivity (Wildman–Crippen MR) is 110 cm³/mol. The quantitative estimate of drug-likeness (QED) is 0.384. The van der Waals surface area contributed by atoms with Crippen molar-refractivity contribution in [1.82, 2.24) is 0 Å². The van der Waals surface area contributed by atoms with Gasteiger partial charge >= 0.3 is 5.97 Å². The number of esters is 1. The summed E-state index contributed by atoms with van der Waals surface area (Å²) in [6.07, 6.45) is -0.423. The van der Waals surface area contributed by atoms with Crippen LogP contribution in [-0.4, -0.2) is 37.6 Å². The van der Waals surface area contributed by atoms with Crippen LogP contribution in [0.3, 0.4) is 0 Å². The summed E-state index contributed by atoms with van der Waals surface area (Å²) in [5.41, 5.74) is 2.06. The Morgan fingerprint density at radius 2 is 1.67 bits per heavy atom. The number of aryl methyl sites for hydroxylation is 3. The van der Waals surface area contributed by atoms with E-state index < -0.39 is 45.4 Å². The van der Waals surface area contributed by atoms with E-state index in [1.165, 1.54) is 24.3 Å². The van der Waals surface area contributed by atoms with E-state index in [1.54, 1.807) is 26.0 Å². The first-order valence-corrected chi connectivity index (χ1v) is 10.7. The molecule has 0 atom stereocenters. The monoisotopic (exact) mass is 434 g/mol. The average Bonchev–Trinajstić information content (AvgIpc) is 2.67. The van der Waals surface area contributed by atoms with Crippen molar-refractivity contribution in [3.63, 3.8) is 0 Å². The lowest BCUT2D eigenvalue weighted by Gasteiger charge is -2.09. The van der Waals surface area contributed by atoms with Crippen LogP contribution in [0.5, 0.6) is 0 Å². The van der Waals surface area contributed by atoms with Crippen LogP contribution in [0.2, 0.25) is 0 Å². The summed E-state index contributed by atoms with van der Waals surface area (Å²) >= 11 is 0. The fourth-order valence-corrected chi connectivity index (χ4v) is 3.76. The van der Waals surface area contributed by atoms with Gasteiger partial charge in [0.1, 0.15) is 5.69 Å². The molecule has 2 rings (SSSR count). The smallest absolute Gasteiger partial charge is 0.307 e. The number of hydrogen-bond donors (Lipinski definition) is 1. The zero-order chi connectivity index (χ0) is 22.5. The molecule has 1 N–H and O–H groups in total. The topological polar surface area (TPSA) is 133 Å². The Bertz CT molecular complexity index is 1080. The number of amides is 1. The van der Waals surface area contributed by atoms with E-state index in [-0.39, 0.29) is 16.3 Å². The molecule has 0 heterocycles. The van der Waals surface area contributed by atoms with Gasteiger partial charge in [0.2, 0.25) is 0 Å². The van der Waals surface area contributed by atoms with Crippen LogP contribution < -0.4 is 5.32 Å². The second-order valence-corrected chi connectivity index (χ2v) is 8.91. The highest BCUT2D eigenvalue weighted by Gasteiger charge is 2.20. The maximum absolute atomic E-state index is 12.2. The molecule has 0 spiro atoms. The summed E-state index contributed by atoms with van der Waals surface area (Å²) in [4.78, 5) is 34.5. The van der Waals surface area contributed by atoms with E-state index >= 15 is 0 Å². The zero-order valence-corrected chi connectivity index (χ0v) is 17.6. The van der Waals surface area contributed by atoms with Gasteiger partial charge in [0, 0.05) is 6.07 Å². The van der Waals surface area contributed by atoms with E-state index in [2.05, 4.69) is 5.32 Å². The number of nitrogens with zero attached hydrogens (tertiary/aromatic N) is 1. The molecule has 0 saturated heterocycles. The highest BCUT2D eigenvalue weighted by molar-refractivity contribution is 7.91. The molecule has 1 amide bonds. The van der Waals surface area contributed by atoms with Crippen molar-refractivity contribution >= 4 is 33.1 Å². The highest BCUT2D eigenvalue weighted by Crippen LogP contribution is 2.27.